The Labute approximate surface area is 139 Å². The van der Waals surface area contributed by atoms with Gasteiger partial charge in [-0.2, -0.15) is 17.0 Å². The monoisotopic (exact) mass is 389 g/mol. The van der Waals surface area contributed by atoms with Gasteiger partial charge >= 0.3 is 0 Å². The Morgan fingerprint density at radius 3 is 2.41 bits per heavy atom. The quantitative estimate of drug-likeness (QED) is 0.854. The second kappa shape index (κ2) is 7.08. The lowest BCUT2D eigenvalue weighted by molar-refractivity contribution is -0.120. The van der Waals surface area contributed by atoms with E-state index in [-0.39, 0.29) is 11.8 Å². The second-order valence-corrected chi connectivity index (χ2v) is 8.43. The Bertz CT molecular complexity index is 640. The molecule has 0 aromatic heterocycles. The lowest BCUT2D eigenvalue weighted by Crippen LogP contribution is -2.46. The van der Waals surface area contributed by atoms with E-state index in [0.717, 1.165) is 10.2 Å². The van der Waals surface area contributed by atoms with Gasteiger partial charge in [0.25, 0.3) is 10.2 Å². The van der Waals surface area contributed by atoms with Crippen molar-refractivity contribution in [3.05, 3.63) is 28.7 Å². The SMILES string of the molecule is CN(C)S(=O)(=O)N1CCC(C(=O)Nc2ccccc2Br)CC1. The van der Waals surface area contributed by atoms with Gasteiger partial charge in [-0.25, -0.2) is 0 Å². The van der Waals surface area contributed by atoms with Gasteiger partial charge in [0.2, 0.25) is 5.91 Å². The number of para-hydroxylation sites is 1. The summed E-state index contributed by atoms with van der Waals surface area (Å²) in [6.45, 7) is 0.739. The van der Waals surface area contributed by atoms with Crippen LogP contribution in [0.4, 0.5) is 5.69 Å². The average Bonchev–Trinajstić information content (AvgIpc) is 2.49. The van der Waals surface area contributed by atoms with E-state index < -0.39 is 10.2 Å². The number of benzene rings is 1. The van der Waals surface area contributed by atoms with Gasteiger partial charge in [-0.15, -0.1) is 0 Å². The van der Waals surface area contributed by atoms with Crippen molar-refractivity contribution >= 4 is 37.7 Å². The van der Waals surface area contributed by atoms with E-state index in [1.165, 1.54) is 22.7 Å². The first kappa shape index (κ1) is 17.4. The summed E-state index contributed by atoms with van der Waals surface area (Å²) in [5.74, 6) is -0.227. The molecule has 0 spiro atoms. The number of rotatable bonds is 4. The third-order valence-electron chi connectivity index (χ3n) is 3.74. The normalized spacial score (nSPS) is 17.6. The standard InChI is InChI=1S/C14H20BrN3O3S/c1-17(2)22(20,21)18-9-7-11(8-10-18)14(19)16-13-6-4-3-5-12(13)15/h3-6,11H,7-10H2,1-2H3,(H,16,19). The predicted molar refractivity (Wildman–Crippen MR) is 89.7 cm³/mol. The molecule has 0 saturated carbocycles. The zero-order valence-electron chi connectivity index (χ0n) is 12.6. The molecular formula is C14H20BrN3O3S. The summed E-state index contributed by atoms with van der Waals surface area (Å²) in [5.41, 5.74) is 0.732. The van der Waals surface area contributed by atoms with E-state index in [1.54, 1.807) is 0 Å². The molecule has 1 saturated heterocycles. The Hall–Kier alpha value is -0.960. The molecule has 1 aliphatic rings. The van der Waals surface area contributed by atoms with Gasteiger partial charge in [-0.1, -0.05) is 12.1 Å². The number of nitrogens with one attached hydrogen (secondary N) is 1. The number of amides is 1. The van der Waals surface area contributed by atoms with Crippen LogP contribution in [0.5, 0.6) is 0 Å². The van der Waals surface area contributed by atoms with E-state index in [1.807, 2.05) is 24.3 Å². The first-order valence-corrected chi connectivity index (χ1v) is 9.24. The molecule has 8 heteroatoms. The molecule has 0 bridgehead atoms. The van der Waals surface area contributed by atoms with E-state index in [4.69, 9.17) is 0 Å². The molecular weight excluding hydrogens is 370 g/mol. The van der Waals surface area contributed by atoms with Gasteiger partial charge in [0.15, 0.2) is 0 Å². The molecule has 2 rings (SSSR count). The number of nitrogens with zero attached hydrogens (tertiary/aromatic N) is 2. The number of halogens is 1. The van der Waals surface area contributed by atoms with Crippen LogP contribution >= 0.6 is 15.9 Å². The first-order chi connectivity index (χ1) is 10.3. The molecule has 22 heavy (non-hydrogen) atoms. The van der Waals surface area contributed by atoms with Gasteiger partial charge in [0, 0.05) is 37.6 Å². The lowest BCUT2D eigenvalue weighted by Gasteiger charge is -2.32. The second-order valence-electron chi connectivity index (χ2n) is 5.43. The zero-order chi connectivity index (χ0) is 16.3. The van der Waals surface area contributed by atoms with Crippen molar-refractivity contribution in [2.75, 3.05) is 32.5 Å². The molecule has 1 N–H and O–H groups in total. The zero-order valence-corrected chi connectivity index (χ0v) is 15.0. The molecule has 1 fully saturated rings. The molecule has 1 heterocycles. The van der Waals surface area contributed by atoms with E-state index in [2.05, 4.69) is 21.2 Å². The van der Waals surface area contributed by atoms with Crippen LogP contribution in [-0.2, 0) is 15.0 Å². The van der Waals surface area contributed by atoms with Crippen LogP contribution < -0.4 is 5.32 Å². The van der Waals surface area contributed by atoms with Gasteiger partial charge in [0.05, 0.1) is 5.69 Å². The van der Waals surface area contributed by atoms with Crippen LogP contribution in [0, 0.1) is 5.92 Å². The fourth-order valence-electron chi connectivity index (χ4n) is 2.38. The number of hydrogen-bond donors (Lipinski definition) is 1. The highest BCUT2D eigenvalue weighted by Gasteiger charge is 2.32. The van der Waals surface area contributed by atoms with Crippen LogP contribution in [-0.4, -0.2) is 50.1 Å². The highest BCUT2D eigenvalue weighted by molar-refractivity contribution is 9.10. The van der Waals surface area contributed by atoms with Crippen LogP contribution in [0.2, 0.25) is 0 Å². The summed E-state index contributed by atoms with van der Waals surface area (Å²) < 4.78 is 27.5. The number of hydrogen-bond acceptors (Lipinski definition) is 3. The largest absolute Gasteiger partial charge is 0.325 e. The lowest BCUT2D eigenvalue weighted by atomic mass is 9.97. The smallest absolute Gasteiger partial charge is 0.281 e. The van der Waals surface area contributed by atoms with Crippen molar-refractivity contribution in [3.63, 3.8) is 0 Å². The van der Waals surface area contributed by atoms with Crippen LogP contribution in [0.15, 0.2) is 28.7 Å². The minimum absolute atomic E-state index is 0.0613. The van der Waals surface area contributed by atoms with E-state index in [0.29, 0.717) is 25.9 Å². The van der Waals surface area contributed by atoms with Crippen molar-refractivity contribution < 1.29 is 13.2 Å². The summed E-state index contributed by atoms with van der Waals surface area (Å²) in [5, 5.41) is 2.89. The molecule has 0 aliphatic carbocycles. The van der Waals surface area contributed by atoms with Crippen molar-refractivity contribution in [1.29, 1.82) is 0 Å². The van der Waals surface area contributed by atoms with Crippen LogP contribution in [0.25, 0.3) is 0 Å². The van der Waals surface area contributed by atoms with Crippen molar-refractivity contribution in [2.24, 2.45) is 5.92 Å². The van der Waals surface area contributed by atoms with Crippen molar-refractivity contribution in [3.8, 4) is 0 Å². The molecule has 122 valence electrons. The summed E-state index contributed by atoms with van der Waals surface area (Å²) >= 11 is 3.39. The minimum atomic E-state index is -3.39. The highest BCUT2D eigenvalue weighted by Crippen LogP contribution is 2.25. The Morgan fingerprint density at radius 1 is 1.27 bits per heavy atom. The maximum atomic E-state index is 12.3. The summed E-state index contributed by atoms with van der Waals surface area (Å²) in [6.07, 6.45) is 1.06. The molecule has 0 radical (unpaired) electrons. The van der Waals surface area contributed by atoms with Gasteiger partial charge < -0.3 is 5.32 Å². The summed E-state index contributed by atoms with van der Waals surface area (Å²) in [4.78, 5) is 12.3. The third-order valence-corrected chi connectivity index (χ3v) is 6.38. The highest BCUT2D eigenvalue weighted by atomic mass is 79.9. The summed E-state index contributed by atoms with van der Waals surface area (Å²) in [7, 11) is -0.357. The van der Waals surface area contributed by atoms with Crippen LogP contribution in [0.3, 0.4) is 0 Å². The first-order valence-electron chi connectivity index (χ1n) is 7.05. The number of carbonyl (C=O) groups is 1. The van der Waals surface area contributed by atoms with E-state index >= 15 is 0 Å². The predicted octanol–water partition coefficient (Wildman–Crippen LogP) is 1.91. The van der Waals surface area contributed by atoms with Gasteiger partial charge in [-0.05, 0) is 40.9 Å². The molecule has 6 nitrogen and oxygen atoms in total. The third kappa shape index (κ3) is 3.87. The van der Waals surface area contributed by atoms with Crippen molar-refractivity contribution in [1.82, 2.24) is 8.61 Å². The average molecular weight is 390 g/mol. The van der Waals surface area contributed by atoms with E-state index in [9.17, 15) is 13.2 Å². The molecule has 1 aromatic carbocycles. The molecule has 0 unspecified atom stereocenters. The number of piperidine rings is 1. The fourth-order valence-corrected chi connectivity index (χ4v) is 3.90. The molecule has 1 amide bonds. The van der Waals surface area contributed by atoms with Gasteiger partial charge in [0.1, 0.15) is 0 Å². The molecule has 1 aliphatic heterocycles. The van der Waals surface area contributed by atoms with Crippen LogP contribution in [0.1, 0.15) is 12.8 Å². The van der Waals surface area contributed by atoms with Gasteiger partial charge in [-0.3, -0.25) is 4.79 Å². The van der Waals surface area contributed by atoms with Crippen molar-refractivity contribution in [2.45, 2.75) is 12.8 Å². The molecule has 1 aromatic rings. The maximum absolute atomic E-state index is 12.3. The minimum Gasteiger partial charge on any atom is -0.325 e. The molecule has 0 atom stereocenters. The maximum Gasteiger partial charge on any atom is 0.281 e. The Morgan fingerprint density at radius 2 is 1.86 bits per heavy atom. The Balaban J connectivity index is 1.95. The summed E-state index contributed by atoms with van der Waals surface area (Å²) in [6, 6.07) is 7.42. The fraction of sp³-hybridized carbons (Fsp3) is 0.500. The Kier molecular flexibility index (Phi) is 5.60. The number of carbonyl (C=O) groups excluding carboxylic acids is 1. The number of anilines is 1. The topological polar surface area (TPSA) is 69.7 Å².